The molecule has 0 amide bonds. The Kier molecular flexibility index (Phi) is 17.8. The molecule has 1 unspecified atom stereocenters. The number of ketones is 1. The summed E-state index contributed by atoms with van der Waals surface area (Å²) < 4.78 is 0. The molecule has 0 rings (SSSR count). The zero-order valence-corrected chi connectivity index (χ0v) is 18.8. The van der Waals surface area contributed by atoms with Gasteiger partial charge in [-0.05, 0) is 12.8 Å². The van der Waals surface area contributed by atoms with Crippen molar-refractivity contribution in [1.29, 1.82) is 0 Å². The number of carbonyl (C=O) groups excluding carboxylic acids is 1. The second-order valence-corrected chi connectivity index (χ2v) is 8.14. The number of carboxylic acids is 1. The number of hydrogen-bond acceptors (Lipinski definition) is 4. The Morgan fingerprint density at radius 3 is 1.52 bits per heavy atom. The van der Waals surface area contributed by atoms with Gasteiger partial charge in [0.25, 0.3) is 0 Å². The summed E-state index contributed by atoms with van der Waals surface area (Å²) in [4.78, 5) is 23.7. The van der Waals surface area contributed by atoms with Gasteiger partial charge in [0.15, 0.2) is 5.78 Å². The first-order valence-electron chi connectivity index (χ1n) is 11.8. The lowest BCUT2D eigenvalue weighted by atomic mass is 9.98. The van der Waals surface area contributed by atoms with E-state index < -0.39 is 29.2 Å². The average Bonchev–Trinajstić information content (AvgIpc) is 2.68. The predicted octanol–water partition coefficient (Wildman–Crippen LogP) is 6.48. The number of aliphatic carboxylic acids is 1. The molecule has 0 radical (unpaired) electrons. The summed E-state index contributed by atoms with van der Waals surface area (Å²) in [6, 6.07) is 0. The standard InChI is InChI=1S/C24H44O5/c1-3-5-7-9-11-12-13-15-16-18-20(25)22(24(28)29)23(27)21(26)19-17-14-10-8-6-4-2/h21,26-27H,3-19H2,1-2H3,(H,28,29). The maximum Gasteiger partial charge on any atom is 0.342 e. The Morgan fingerprint density at radius 2 is 1.07 bits per heavy atom. The van der Waals surface area contributed by atoms with E-state index in [0.29, 0.717) is 12.8 Å². The van der Waals surface area contributed by atoms with Crippen LogP contribution in [0.3, 0.4) is 0 Å². The number of Topliss-reactive ketones (excluding diaryl/α,β-unsaturated/α-hetero) is 1. The van der Waals surface area contributed by atoms with Crippen LogP contribution in [0, 0.1) is 0 Å². The fourth-order valence-corrected chi connectivity index (χ4v) is 3.51. The van der Waals surface area contributed by atoms with Gasteiger partial charge in [-0.3, -0.25) is 4.79 Å². The number of hydrogen-bond donors (Lipinski definition) is 3. The molecule has 0 fully saturated rings. The lowest BCUT2D eigenvalue weighted by molar-refractivity contribution is -0.135. The zero-order valence-electron chi connectivity index (χ0n) is 18.8. The van der Waals surface area contributed by atoms with Gasteiger partial charge in [-0.25, -0.2) is 4.79 Å². The number of aliphatic hydroxyl groups excluding tert-OH is 2. The van der Waals surface area contributed by atoms with Crippen molar-refractivity contribution in [3.05, 3.63) is 11.3 Å². The number of unbranched alkanes of at least 4 members (excludes halogenated alkanes) is 13. The number of aliphatic hydroxyl groups is 2. The maximum atomic E-state index is 12.3. The SMILES string of the molecule is CCCCCCCCCCCC(=O)C(C(=O)O)=C(O)C(O)CCCCCCCC. The molecule has 3 N–H and O–H groups in total. The first kappa shape index (κ1) is 27.6. The van der Waals surface area contributed by atoms with Gasteiger partial charge in [-0.15, -0.1) is 0 Å². The average molecular weight is 413 g/mol. The summed E-state index contributed by atoms with van der Waals surface area (Å²) in [5, 5.41) is 29.6. The van der Waals surface area contributed by atoms with Crippen molar-refractivity contribution in [3.8, 4) is 0 Å². The topological polar surface area (TPSA) is 94.8 Å². The second kappa shape index (κ2) is 18.7. The van der Waals surface area contributed by atoms with Gasteiger partial charge < -0.3 is 15.3 Å². The molecule has 1 atom stereocenters. The zero-order chi connectivity index (χ0) is 21.9. The highest BCUT2D eigenvalue weighted by molar-refractivity contribution is 6.17. The van der Waals surface area contributed by atoms with Crippen LogP contribution < -0.4 is 0 Å². The lowest BCUT2D eigenvalue weighted by Gasteiger charge is -2.13. The monoisotopic (exact) mass is 412 g/mol. The molecule has 5 heteroatoms. The van der Waals surface area contributed by atoms with Crippen LogP contribution in [-0.4, -0.2) is 33.2 Å². The van der Waals surface area contributed by atoms with Gasteiger partial charge in [0.1, 0.15) is 17.4 Å². The van der Waals surface area contributed by atoms with Crippen LogP contribution in [0.15, 0.2) is 11.3 Å². The van der Waals surface area contributed by atoms with Crippen LogP contribution in [0.4, 0.5) is 0 Å². The molecule has 0 spiro atoms. The molecule has 0 aromatic rings. The van der Waals surface area contributed by atoms with Crippen LogP contribution in [-0.2, 0) is 9.59 Å². The Hall–Kier alpha value is -1.36. The first-order chi connectivity index (χ1) is 14.0. The van der Waals surface area contributed by atoms with Crippen LogP contribution >= 0.6 is 0 Å². The molecule has 0 saturated heterocycles. The third-order valence-electron chi connectivity index (χ3n) is 5.40. The summed E-state index contributed by atoms with van der Waals surface area (Å²) in [5.74, 6) is -2.71. The predicted molar refractivity (Wildman–Crippen MR) is 118 cm³/mol. The largest absolute Gasteiger partial charge is 0.509 e. The summed E-state index contributed by atoms with van der Waals surface area (Å²) in [6.45, 7) is 4.34. The quantitative estimate of drug-likeness (QED) is 0.0699. The Labute approximate surface area is 177 Å². The van der Waals surface area contributed by atoms with E-state index in [2.05, 4.69) is 13.8 Å². The molecule has 0 saturated carbocycles. The summed E-state index contributed by atoms with van der Waals surface area (Å²) in [5.41, 5.74) is -0.636. The molecule has 0 aliphatic carbocycles. The minimum Gasteiger partial charge on any atom is -0.509 e. The molecule has 5 nitrogen and oxygen atoms in total. The Balaban J connectivity index is 4.26. The highest BCUT2D eigenvalue weighted by atomic mass is 16.4. The van der Waals surface area contributed by atoms with Gasteiger partial charge in [-0.2, -0.15) is 0 Å². The summed E-state index contributed by atoms with van der Waals surface area (Å²) >= 11 is 0. The molecule has 0 aliphatic rings. The normalized spacial score (nSPS) is 13.2. The van der Waals surface area contributed by atoms with Gasteiger partial charge in [0, 0.05) is 6.42 Å². The molecule has 0 aliphatic heterocycles. The van der Waals surface area contributed by atoms with E-state index in [1.165, 1.54) is 38.5 Å². The minimum atomic E-state index is -1.45. The number of carboxylic acid groups (broad SMARTS) is 1. The van der Waals surface area contributed by atoms with E-state index in [1.807, 2.05) is 0 Å². The van der Waals surface area contributed by atoms with E-state index >= 15 is 0 Å². The van der Waals surface area contributed by atoms with E-state index in [-0.39, 0.29) is 12.8 Å². The van der Waals surface area contributed by atoms with Crippen LogP contribution in [0.2, 0.25) is 0 Å². The molecule has 170 valence electrons. The van der Waals surface area contributed by atoms with Crippen LogP contribution in [0.5, 0.6) is 0 Å². The van der Waals surface area contributed by atoms with Gasteiger partial charge in [-0.1, -0.05) is 104 Å². The summed E-state index contributed by atoms with van der Waals surface area (Å²) in [6.07, 6.45) is 15.2. The highest BCUT2D eigenvalue weighted by Crippen LogP contribution is 2.18. The smallest absolute Gasteiger partial charge is 0.342 e. The van der Waals surface area contributed by atoms with E-state index in [9.17, 15) is 24.9 Å². The molecule has 0 aromatic heterocycles. The first-order valence-corrected chi connectivity index (χ1v) is 11.8. The maximum absolute atomic E-state index is 12.3. The van der Waals surface area contributed by atoms with E-state index in [4.69, 9.17) is 0 Å². The van der Waals surface area contributed by atoms with Crippen molar-refractivity contribution in [1.82, 2.24) is 0 Å². The molecular formula is C24H44O5. The minimum absolute atomic E-state index is 0.102. The Morgan fingerprint density at radius 1 is 0.655 bits per heavy atom. The van der Waals surface area contributed by atoms with E-state index in [1.54, 1.807) is 0 Å². The molecule has 29 heavy (non-hydrogen) atoms. The second-order valence-electron chi connectivity index (χ2n) is 8.14. The van der Waals surface area contributed by atoms with E-state index in [0.717, 1.165) is 44.9 Å². The van der Waals surface area contributed by atoms with Crippen molar-refractivity contribution in [3.63, 3.8) is 0 Å². The van der Waals surface area contributed by atoms with Crippen molar-refractivity contribution in [2.75, 3.05) is 0 Å². The van der Waals surface area contributed by atoms with Gasteiger partial charge in [0.2, 0.25) is 0 Å². The van der Waals surface area contributed by atoms with Gasteiger partial charge >= 0.3 is 5.97 Å². The molecular weight excluding hydrogens is 368 g/mol. The van der Waals surface area contributed by atoms with Gasteiger partial charge in [0.05, 0.1) is 0 Å². The molecule has 0 bridgehead atoms. The molecule has 0 aromatic carbocycles. The Bertz CT molecular complexity index is 470. The van der Waals surface area contributed by atoms with Crippen molar-refractivity contribution in [2.45, 2.75) is 129 Å². The fraction of sp³-hybridized carbons (Fsp3) is 0.833. The molecule has 0 heterocycles. The highest BCUT2D eigenvalue weighted by Gasteiger charge is 2.26. The van der Waals surface area contributed by atoms with Crippen molar-refractivity contribution >= 4 is 11.8 Å². The number of carbonyl (C=O) groups is 2. The number of rotatable bonds is 20. The van der Waals surface area contributed by atoms with Crippen molar-refractivity contribution in [2.24, 2.45) is 0 Å². The summed E-state index contributed by atoms with van der Waals surface area (Å²) in [7, 11) is 0. The third-order valence-corrected chi connectivity index (χ3v) is 5.40. The van der Waals surface area contributed by atoms with Crippen molar-refractivity contribution < 1.29 is 24.9 Å². The van der Waals surface area contributed by atoms with Crippen LogP contribution in [0.25, 0.3) is 0 Å². The lowest BCUT2D eigenvalue weighted by Crippen LogP contribution is -2.21. The fourth-order valence-electron chi connectivity index (χ4n) is 3.51. The van der Waals surface area contributed by atoms with Crippen LogP contribution in [0.1, 0.15) is 123 Å². The third kappa shape index (κ3) is 14.3.